The Bertz CT molecular complexity index is 752. The zero-order chi connectivity index (χ0) is 15.9. The van der Waals surface area contributed by atoms with Crippen LogP contribution in [0.1, 0.15) is 36.0 Å². The van der Waals surface area contributed by atoms with E-state index in [0.717, 1.165) is 5.69 Å². The topological polar surface area (TPSA) is 83.6 Å². The van der Waals surface area contributed by atoms with Crippen LogP contribution in [0.25, 0.3) is 11.1 Å². The van der Waals surface area contributed by atoms with Crippen molar-refractivity contribution >= 4 is 23.0 Å². The van der Waals surface area contributed by atoms with Gasteiger partial charge in [0.25, 0.3) is 5.91 Å². The number of carboxylic acid groups (broad SMARTS) is 1. The molecule has 2 aromatic rings. The number of carboxylic acids is 1. The summed E-state index contributed by atoms with van der Waals surface area (Å²) < 4.78 is 5.57. The van der Waals surface area contributed by atoms with Crippen LogP contribution in [0.5, 0.6) is 0 Å². The molecule has 0 radical (unpaired) electrons. The van der Waals surface area contributed by atoms with Crippen LogP contribution in [-0.4, -0.2) is 40.0 Å². The summed E-state index contributed by atoms with van der Waals surface area (Å²) in [6.07, 6.45) is 1.25. The van der Waals surface area contributed by atoms with E-state index in [4.69, 9.17) is 4.42 Å². The second-order valence-electron chi connectivity index (χ2n) is 6.14. The van der Waals surface area contributed by atoms with Gasteiger partial charge in [-0.25, -0.2) is 4.98 Å². The first-order valence-electron chi connectivity index (χ1n) is 7.29. The minimum absolute atomic E-state index is 0.199. The van der Waals surface area contributed by atoms with E-state index in [1.165, 1.54) is 0 Å². The monoisotopic (exact) mass is 302 g/mol. The minimum Gasteiger partial charge on any atom is -0.481 e. The fourth-order valence-corrected chi connectivity index (χ4v) is 2.87. The number of fused-ring (bicyclic) bond motifs is 1. The summed E-state index contributed by atoms with van der Waals surface area (Å²) in [5, 5.41) is 9.34. The highest BCUT2D eigenvalue weighted by molar-refractivity contribution is 5.95. The normalized spacial score (nSPS) is 22.0. The Labute approximate surface area is 127 Å². The molecule has 1 aliphatic heterocycles. The molecule has 3 rings (SSSR count). The number of pyridine rings is 1. The van der Waals surface area contributed by atoms with Gasteiger partial charge in [0.1, 0.15) is 5.52 Å². The van der Waals surface area contributed by atoms with Crippen molar-refractivity contribution in [2.45, 2.75) is 26.7 Å². The number of aryl methyl sites for hydroxylation is 1. The van der Waals surface area contributed by atoms with Crippen molar-refractivity contribution in [3.05, 3.63) is 29.7 Å². The second-order valence-corrected chi connectivity index (χ2v) is 6.14. The molecule has 0 spiro atoms. The smallest absolute Gasteiger partial charge is 0.311 e. The van der Waals surface area contributed by atoms with Gasteiger partial charge in [0.15, 0.2) is 11.3 Å². The van der Waals surface area contributed by atoms with Gasteiger partial charge >= 0.3 is 5.97 Å². The number of rotatable bonds is 2. The first-order valence-corrected chi connectivity index (χ1v) is 7.29. The van der Waals surface area contributed by atoms with Crippen LogP contribution in [0.15, 0.2) is 22.6 Å². The molecule has 1 atom stereocenters. The molecular formula is C16H18N2O4. The molecule has 116 valence electrons. The summed E-state index contributed by atoms with van der Waals surface area (Å²) in [5.41, 5.74) is 1.16. The Kier molecular flexibility index (Phi) is 3.39. The highest BCUT2D eigenvalue weighted by Gasteiger charge is 2.40. The Hall–Kier alpha value is -2.37. The quantitative estimate of drug-likeness (QED) is 0.921. The average molecular weight is 302 g/mol. The van der Waals surface area contributed by atoms with Gasteiger partial charge in [-0.15, -0.1) is 0 Å². The van der Waals surface area contributed by atoms with E-state index in [0.29, 0.717) is 30.5 Å². The Balaban J connectivity index is 1.87. The largest absolute Gasteiger partial charge is 0.481 e. The molecule has 1 fully saturated rings. The molecule has 1 aliphatic rings. The molecule has 22 heavy (non-hydrogen) atoms. The van der Waals surface area contributed by atoms with Crippen molar-refractivity contribution in [1.29, 1.82) is 0 Å². The van der Waals surface area contributed by atoms with E-state index < -0.39 is 11.4 Å². The van der Waals surface area contributed by atoms with E-state index in [1.54, 1.807) is 24.0 Å². The van der Waals surface area contributed by atoms with Gasteiger partial charge in [0.05, 0.1) is 5.41 Å². The maximum Gasteiger partial charge on any atom is 0.311 e. The van der Waals surface area contributed by atoms with Crippen molar-refractivity contribution in [3.63, 3.8) is 0 Å². The summed E-state index contributed by atoms with van der Waals surface area (Å²) in [5.74, 6) is -0.933. The number of carbonyl (C=O) groups excluding carboxylic acids is 1. The summed E-state index contributed by atoms with van der Waals surface area (Å²) in [6, 6.07) is 5.23. The second kappa shape index (κ2) is 5.12. The predicted octanol–water partition coefficient (Wildman–Crippen LogP) is 2.46. The number of carbonyl (C=O) groups is 2. The highest BCUT2D eigenvalue weighted by atomic mass is 16.4. The lowest BCUT2D eigenvalue weighted by Crippen LogP contribution is -2.48. The van der Waals surface area contributed by atoms with Crippen LogP contribution in [0.4, 0.5) is 0 Å². The van der Waals surface area contributed by atoms with Crippen molar-refractivity contribution in [1.82, 2.24) is 9.88 Å². The van der Waals surface area contributed by atoms with E-state index in [1.807, 2.05) is 13.0 Å². The Morgan fingerprint density at radius 2 is 2.18 bits per heavy atom. The summed E-state index contributed by atoms with van der Waals surface area (Å²) >= 11 is 0. The molecule has 0 aromatic carbocycles. The SMILES string of the molecule is Cc1ccc2oc(C(=O)N3CCCC(C)(C(=O)O)C3)cc2n1. The number of hydrogen-bond acceptors (Lipinski definition) is 4. The fourth-order valence-electron chi connectivity index (χ4n) is 2.87. The number of hydrogen-bond donors (Lipinski definition) is 1. The van der Waals surface area contributed by atoms with Crippen molar-refractivity contribution in [2.24, 2.45) is 5.41 Å². The van der Waals surface area contributed by atoms with Crippen LogP contribution >= 0.6 is 0 Å². The van der Waals surface area contributed by atoms with Gasteiger partial charge in [-0.05, 0) is 38.8 Å². The number of amides is 1. The molecule has 2 aromatic heterocycles. The minimum atomic E-state index is -0.894. The van der Waals surface area contributed by atoms with Gasteiger partial charge < -0.3 is 14.4 Å². The molecule has 0 bridgehead atoms. The Morgan fingerprint density at radius 3 is 2.91 bits per heavy atom. The lowest BCUT2D eigenvalue weighted by atomic mass is 9.82. The number of aliphatic carboxylic acids is 1. The molecule has 0 saturated carbocycles. The molecule has 1 N–H and O–H groups in total. The third-order valence-corrected chi connectivity index (χ3v) is 4.22. The summed E-state index contributed by atoms with van der Waals surface area (Å²) in [7, 11) is 0. The maximum absolute atomic E-state index is 12.6. The van der Waals surface area contributed by atoms with Gasteiger partial charge in [-0.1, -0.05) is 0 Å². The zero-order valence-electron chi connectivity index (χ0n) is 12.6. The fraction of sp³-hybridized carbons (Fsp3) is 0.438. The molecular weight excluding hydrogens is 284 g/mol. The first kappa shape index (κ1) is 14.6. The molecule has 3 heterocycles. The third kappa shape index (κ3) is 2.45. The standard InChI is InChI=1S/C16H18N2O4/c1-10-4-5-12-11(17-10)8-13(22-12)14(19)18-7-3-6-16(2,9-18)15(20)21/h4-5,8H,3,6-7,9H2,1-2H3,(H,20,21). The highest BCUT2D eigenvalue weighted by Crippen LogP contribution is 2.31. The van der Waals surface area contributed by atoms with Crippen LogP contribution < -0.4 is 0 Å². The zero-order valence-corrected chi connectivity index (χ0v) is 12.6. The number of piperidine rings is 1. The van der Waals surface area contributed by atoms with Gasteiger partial charge in [-0.3, -0.25) is 9.59 Å². The third-order valence-electron chi connectivity index (χ3n) is 4.22. The number of furan rings is 1. The molecule has 0 aliphatic carbocycles. The van der Waals surface area contributed by atoms with E-state index in [9.17, 15) is 14.7 Å². The molecule has 1 saturated heterocycles. The van der Waals surface area contributed by atoms with Crippen LogP contribution in [-0.2, 0) is 4.79 Å². The lowest BCUT2D eigenvalue weighted by molar-refractivity contribution is -0.150. The summed E-state index contributed by atoms with van der Waals surface area (Å²) in [6.45, 7) is 4.30. The molecule has 1 unspecified atom stereocenters. The predicted molar refractivity (Wildman–Crippen MR) is 79.6 cm³/mol. The van der Waals surface area contributed by atoms with Gasteiger partial charge in [0, 0.05) is 24.8 Å². The van der Waals surface area contributed by atoms with E-state index in [2.05, 4.69) is 4.98 Å². The van der Waals surface area contributed by atoms with Crippen LogP contribution in [0.2, 0.25) is 0 Å². The number of aromatic nitrogens is 1. The first-order chi connectivity index (χ1) is 10.4. The van der Waals surface area contributed by atoms with Crippen molar-refractivity contribution < 1.29 is 19.1 Å². The van der Waals surface area contributed by atoms with Gasteiger partial charge in [0.2, 0.25) is 0 Å². The number of likely N-dealkylation sites (tertiary alicyclic amines) is 1. The van der Waals surface area contributed by atoms with Gasteiger partial charge in [-0.2, -0.15) is 0 Å². The van der Waals surface area contributed by atoms with Crippen LogP contribution in [0.3, 0.4) is 0 Å². The average Bonchev–Trinajstić information content (AvgIpc) is 2.89. The Morgan fingerprint density at radius 1 is 1.41 bits per heavy atom. The molecule has 6 nitrogen and oxygen atoms in total. The van der Waals surface area contributed by atoms with E-state index in [-0.39, 0.29) is 18.2 Å². The lowest BCUT2D eigenvalue weighted by Gasteiger charge is -2.37. The number of nitrogens with zero attached hydrogens (tertiary/aromatic N) is 2. The maximum atomic E-state index is 12.6. The van der Waals surface area contributed by atoms with Crippen molar-refractivity contribution in [2.75, 3.05) is 13.1 Å². The van der Waals surface area contributed by atoms with Crippen LogP contribution in [0, 0.1) is 12.3 Å². The van der Waals surface area contributed by atoms with E-state index >= 15 is 0 Å². The molecule has 1 amide bonds. The van der Waals surface area contributed by atoms with Crippen molar-refractivity contribution in [3.8, 4) is 0 Å². The molecule has 6 heteroatoms. The summed E-state index contributed by atoms with van der Waals surface area (Å²) in [4.78, 5) is 29.8.